The quantitative estimate of drug-likeness (QED) is 0.236. The molecule has 0 unspecified atom stereocenters. The Morgan fingerprint density at radius 1 is 0.909 bits per heavy atom. The molecule has 0 atom stereocenters. The van der Waals surface area contributed by atoms with Crippen LogP contribution in [0.25, 0.3) is 0 Å². The summed E-state index contributed by atoms with van der Waals surface area (Å²) in [5.41, 5.74) is 4.50. The van der Waals surface area contributed by atoms with E-state index in [2.05, 4.69) is 15.8 Å². The van der Waals surface area contributed by atoms with Crippen LogP contribution in [0.2, 0.25) is 0 Å². The molecular weight excluding hydrogens is 422 g/mol. The van der Waals surface area contributed by atoms with Crippen LogP contribution in [-0.2, 0) is 4.79 Å². The number of rotatable bonds is 8. The molecule has 0 aliphatic carbocycles. The fourth-order valence-electron chi connectivity index (χ4n) is 2.83. The Bertz CT molecular complexity index is 1160. The Labute approximate surface area is 191 Å². The number of carbonyl (C=O) groups is 3. The number of nitrogens with one attached hydrogen (secondary N) is 2. The molecule has 3 rings (SSSR count). The van der Waals surface area contributed by atoms with Crippen molar-refractivity contribution >= 4 is 29.7 Å². The Morgan fingerprint density at radius 2 is 1.64 bits per heavy atom. The second-order valence-corrected chi connectivity index (χ2v) is 6.85. The number of hydrogen-bond acceptors (Lipinski definition) is 6. The third kappa shape index (κ3) is 6.76. The number of benzene rings is 3. The van der Waals surface area contributed by atoms with E-state index >= 15 is 0 Å². The third-order valence-corrected chi connectivity index (χ3v) is 4.33. The lowest BCUT2D eigenvalue weighted by atomic mass is 10.2. The monoisotopic (exact) mass is 445 g/mol. The van der Waals surface area contributed by atoms with Gasteiger partial charge in [-0.15, -0.1) is 0 Å². The first-order valence-electron chi connectivity index (χ1n) is 10.2. The molecule has 0 radical (unpaired) electrons. The minimum absolute atomic E-state index is 0.191. The molecule has 0 aliphatic heterocycles. The van der Waals surface area contributed by atoms with E-state index in [0.717, 1.165) is 0 Å². The molecule has 8 nitrogen and oxygen atoms in total. The standard InChI is InChI=1S/C25H23N3O5/c1-3-32-23-15-18(9-14-22(23)33-25(31)20-7-5-4-6-8-20)16-26-28-24(30)19-10-12-21(13-11-19)27-17(2)29/h4-16H,3H2,1-2H3,(H,27,29)(H,28,30)/b26-16+. The zero-order chi connectivity index (χ0) is 23.6. The van der Waals surface area contributed by atoms with Crippen LogP contribution in [0, 0.1) is 0 Å². The van der Waals surface area contributed by atoms with E-state index in [0.29, 0.717) is 34.7 Å². The van der Waals surface area contributed by atoms with Gasteiger partial charge >= 0.3 is 5.97 Å². The predicted molar refractivity (Wildman–Crippen MR) is 125 cm³/mol. The van der Waals surface area contributed by atoms with Gasteiger partial charge in [0.05, 0.1) is 18.4 Å². The highest BCUT2D eigenvalue weighted by Crippen LogP contribution is 2.29. The lowest BCUT2D eigenvalue weighted by Gasteiger charge is -2.11. The molecule has 168 valence electrons. The largest absolute Gasteiger partial charge is 0.490 e. The lowest BCUT2D eigenvalue weighted by molar-refractivity contribution is -0.114. The summed E-state index contributed by atoms with van der Waals surface area (Å²) < 4.78 is 11.1. The average Bonchev–Trinajstić information content (AvgIpc) is 2.81. The van der Waals surface area contributed by atoms with Crippen molar-refractivity contribution in [2.45, 2.75) is 13.8 Å². The predicted octanol–water partition coefficient (Wildman–Crippen LogP) is 4.03. The number of hydrazone groups is 1. The number of esters is 1. The van der Waals surface area contributed by atoms with Gasteiger partial charge in [-0.1, -0.05) is 18.2 Å². The fraction of sp³-hybridized carbons (Fsp3) is 0.120. The Balaban J connectivity index is 1.65. The van der Waals surface area contributed by atoms with E-state index in [9.17, 15) is 14.4 Å². The highest BCUT2D eigenvalue weighted by molar-refractivity contribution is 5.96. The smallest absolute Gasteiger partial charge is 0.343 e. The molecule has 3 aromatic carbocycles. The highest BCUT2D eigenvalue weighted by atomic mass is 16.6. The minimum atomic E-state index is -0.491. The van der Waals surface area contributed by atoms with Gasteiger partial charge in [0.25, 0.3) is 5.91 Å². The van der Waals surface area contributed by atoms with E-state index in [4.69, 9.17) is 9.47 Å². The first-order chi connectivity index (χ1) is 16.0. The van der Waals surface area contributed by atoms with Crippen molar-refractivity contribution in [1.29, 1.82) is 0 Å². The van der Waals surface area contributed by atoms with E-state index < -0.39 is 11.9 Å². The zero-order valence-corrected chi connectivity index (χ0v) is 18.2. The number of hydrogen-bond donors (Lipinski definition) is 2. The van der Waals surface area contributed by atoms with Crippen LogP contribution in [0.5, 0.6) is 11.5 Å². The van der Waals surface area contributed by atoms with Crippen molar-refractivity contribution in [2.75, 3.05) is 11.9 Å². The summed E-state index contributed by atoms with van der Waals surface area (Å²) in [7, 11) is 0. The van der Waals surface area contributed by atoms with Crippen molar-refractivity contribution in [3.8, 4) is 11.5 Å². The average molecular weight is 445 g/mol. The zero-order valence-electron chi connectivity index (χ0n) is 18.2. The highest BCUT2D eigenvalue weighted by Gasteiger charge is 2.13. The first kappa shape index (κ1) is 23.2. The van der Waals surface area contributed by atoms with Crippen molar-refractivity contribution in [1.82, 2.24) is 5.43 Å². The minimum Gasteiger partial charge on any atom is -0.490 e. The van der Waals surface area contributed by atoms with Gasteiger partial charge in [-0.3, -0.25) is 9.59 Å². The van der Waals surface area contributed by atoms with Crippen LogP contribution in [0.15, 0.2) is 77.9 Å². The summed E-state index contributed by atoms with van der Waals surface area (Å²) in [6.07, 6.45) is 1.45. The van der Waals surface area contributed by atoms with Crippen molar-refractivity contribution in [3.05, 3.63) is 89.5 Å². The third-order valence-electron chi connectivity index (χ3n) is 4.33. The molecule has 0 aromatic heterocycles. The van der Waals surface area contributed by atoms with E-state index in [1.165, 1.54) is 13.1 Å². The molecule has 0 heterocycles. The maximum absolute atomic E-state index is 12.3. The molecule has 0 aliphatic rings. The van der Waals surface area contributed by atoms with Crippen LogP contribution < -0.4 is 20.2 Å². The van der Waals surface area contributed by atoms with Crippen molar-refractivity contribution in [3.63, 3.8) is 0 Å². The summed E-state index contributed by atoms with van der Waals surface area (Å²) >= 11 is 0. The van der Waals surface area contributed by atoms with E-state index in [1.807, 2.05) is 13.0 Å². The second kappa shape index (κ2) is 11.2. The van der Waals surface area contributed by atoms with E-state index in [-0.39, 0.29) is 11.7 Å². The fourth-order valence-corrected chi connectivity index (χ4v) is 2.83. The molecule has 3 aromatic rings. The number of nitrogens with zero attached hydrogens (tertiary/aromatic N) is 1. The van der Waals surface area contributed by atoms with Crippen LogP contribution in [-0.4, -0.2) is 30.6 Å². The summed E-state index contributed by atoms with van der Waals surface area (Å²) in [5, 5.41) is 6.60. The molecule has 33 heavy (non-hydrogen) atoms. The summed E-state index contributed by atoms with van der Waals surface area (Å²) in [6.45, 7) is 3.61. The van der Waals surface area contributed by atoms with Gasteiger partial charge in [0, 0.05) is 18.2 Å². The Kier molecular flexibility index (Phi) is 7.91. The SMILES string of the molecule is CCOc1cc(/C=N/NC(=O)c2ccc(NC(C)=O)cc2)ccc1OC(=O)c1ccccc1. The lowest BCUT2D eigenvalue weighted by Crippen LogP contribution is -2.17. The molecule has 2 N–H and O–H groups in total. The maximum Gasteiger partial charge on any atom is 0.343 e. The van der Waals surface area contributed by atoms with Crippen LogP contribution in [0.4, 0.5) is 5.69 Å². The van der Waals surface area contributed by atoms with Crippen molar-refractivity contribution < 1.29 is 23.9 Å². The van der Waals surface area contributed by atoms with Crippen LogP contribution >= 0.6 is 0 Å². The molecule has 2 amide bonds. The summed E-state index contributed by atoms with van der Waals surface area (Å²) in [4.78, 5) is 35.7. The molecule has 0 spiro atoms. The van der Waals surface area contributed by atoms with Crippen LogP contribution in [0.1, 0.15) is 40.1 Å². The molecule has 0 bridgehead atoms. The number of anilines is 1. The molecule has 0 saturated heterocycles. The Hall–Kier alpha value is -4.46. The van der Waals surface area contributed by atoms with Gasteiger partial charge in [0.2, 0.25) is 5.91 Å². The molecule has 0 saturated carbocycles. The van der Waals surface area contributed by atoms with Gasteiger partial charge in [-0.2, -0.15) is 5.10 Å². The summed E-state index contributed by atoms with van der Waals surface area (Å²) in [6, 6.07) is 20.0. The number of amides is 2. The Morgan fingerprint density at radius 3 is 2.30 bits per heavy atom. The first-order valence-corrected chi connectivity index (χ1v) is 10.2. The maximum atomic E-state index is 12.3. The number of ether oxygens (including phenoxy) is 2. The van der Waals surface area contributed by atoms with Gasteiger partial charge < -0.3 is 14.8 Å². The van der Waals surface area contributed by atoms with Crippen molar-refractivity contribution in [2.24, 2.45) is 5.10 Å². The van der Waals surface area contributed by atoms with E-state index in [1.54, 1.807) is 66.7 Å². The van der Waals surface area contributed by atoms with Gasteiger partial charge in [0.15, 0.2) is 11.5 Å². The van der Waals surface area contributed by atoms with Gasteiger partial charge in [0.1, 0.15) is 0 Å². The topological polar surface area (TPSA) is 106 Å². The summed E-state index contributed by atoms with van der Waals surface area (Å²) in [5.74, 6) is -0.422. The van der Waals surface area contributed by atoms with Gasteiger partial charge in [-0.25, -0.2) is 10.2 Å². The molecule has 0 fully saturated rings. The second-order valence-electron chi connectivity index (χ2n) is 6.85. The normalized spacial score (nSPS) is 10.5. The number of carbonyl (C=O) groups excluding carboxylic acids is 3. The molecule has 8 heteroatoms. The van der Waals surface area contributed by atoms with Gasteiger partial charge in [-0.05, 0) is 67.1 Å². The van der Waals surface area contributed by atoms with Crippen LogP contribution in [0.3, 0.4) is 0 Å². The molecular formula is C25H23N3O5.